The Hall–Kier alpha value is -1.83. The van der Waals surface area contributed by atoms with Gasteiger partial charge in [-0.15, -0.1) is 0 Å². The van der Waals surface area contributed by atoms with Crippen LogP contribution in [0.3, 0.4) is 0 Å². The lowest BCUT2D eigenvalue weighted by Gasteiger charge is -2.13. The van der Waals surface area contributed by atoms with E-state index in [0.29, 0.717) is 0 Å². The van der Waals surface area contributed by atoms with Crippen LogP contribution in [0, 0.1) is 0 Å². The molecule has 14 heavy (non-hydrogen) atoms. The third-order valence-electron chi connectivity index (χ3n) is 2.07. The standard InChI is InChI=1S/C12H12N2/c1-2-10-6-5-8-12(14-10)11-7-3-4-9-13-11/h2-9,14H,1H3/b10-2-. The first-order valence-corrected chi connectivity index (χ1v) is 4.63. The van der Waals surface area contributed by atoms with Gasteiger partial charge in [-0.3, -0.25) is 4.98 Å². The topological polar surface area (TPSA) is 24.9 Å². The average molecular weight is 184 g/mol. The van der Waals surface area contributed by atoms with E-state index in [0.717, 1.165) is 17.1 Å². The molecule has 0 aliphatic carbocycles. The Bertz CT molecular complexity index is 400. The molecular weight excluding hydrogens is 172 g/mol. The Morgan fingerprint density at radius 2 is 2.29 bits per heavy atom. The molecule has 1 aliphatic heterocycles. The van der Waals surface area contributed by atoms with Gasteiger partial charge in [0.1, 0.15) is 0 Å². The highest BCUT2D eigenvalue weighted by atomic mass is 14.9. The fraction of sp³-hybridized carbons (Fsp3) is 0.0833. The Balaban J connectivity index is 2.29. The van der Waals surface area contributed by atoms with Crippen molar-refractivity contribution in [3.63, 3.8) is 0 Å². The van der Waals surface area contributed by atoms with Gasteiger partial charge in [-0.05, 0) is 31.2 Å². The Kier molecular flexibility index (Phi) is 2.45. The normalized spacial score (nSPS) is 17.8. The Morgan fingerprint density at radius 3 is 3.00 bits per heavy atom. The van der Waals surface area contributed by atoms with Crippen molar-refractivity contribution in [2.75, 3.05) is 0 Å². The molecule has 0 radical (unpaired) electrons. The number of nitrogens with one attached hydrogen (secondary N) is 1. The highest BCUT2D eigenvalue weighted by molar-refractivity contribution is 5.66. The van der Waals surface area contributed by atoms with Crippen molar-refractivity contribution in [1.82, 2.24) is 10.3 Å². The van der Waals surface area contributed by atoms with Crippen LogP contribution in [0.5, 0.6) is 0 Å². The molecule has 0 saturated carbocycles. The summed E-state index contributed by atoms with van der Waals surface area (Å²) in [5.74, 6) is 0. The van der Waals surface area contributed by atoms with Crippen LogP contribution in [0.25, 0.3) is 5.70 Å². The second-order valence-electron chi connectivity index (χ2n) is 3.02. The molecule has 1 aromatic heterocycles. The van der Waals surface area contributed by atoms with E-state index in [1.54, 1.807) is 6.20 Å². The van der Waals surface area contributed by atoms with Gasteiger partial charge < -0.3 is 5.32 Å². The van der Waals surface area contributed by atoms with E-state index in [2.05, 4.69) is 10.3 Å². The molecule has 70 valence electrons. The van der Waals surface area contributed by atoms with Crippen LogP contribution in [0.2, 0.25) is 0 Å². The van der Waals surface area contributed by atoms with Crippen molar-refractivity contribution < 1.29 is 0 Å². The maximum atomic E-state index is 4.28. The van der Waals surface area contributed by atoms with E-state index in [4.69, 9.17) is 0 Å². The number of hydrogen-bond acceptors (Lipinski definition) is 2. The van der Waals surface area contributed by atoms with Crippen LogP contribution < -0.4 is 5.32 Å². The Labute approximate surface area is 83.7 Å². The van der Waals surface area contributed by atoms with E-state index in [1.807, 2.05) is 49.4 Å². The number of hydrogen-bond donors (Lipinski definition) is 1. The second kappa shape index (κ2) is 3.92. The first kappa shape index (κ1) is 8.75. The molecule has 1 N–H and O–H groups in total. The van der Waals surface area contributed by atoms with Crippen LogP contribution >= 0.6 is 0 Å². The number of aromatic nitrogens is 1. The molecule has 0 fully saturated rings. The summed E-state index contributed by atoms with van der Waals surface area (Å²) in [4.78, 5) is 4.28. The van der Waals surface area contributed by atoms with E-state index in [1.165, 1.54) is 0 Å². The third-order valence-corrected chi connectivity index (χ3v) is 2.07. The lowest BCUT2D eigenvalue weighted by atomic mass is 10.2. The molecule has 0 aromatic carbocycles. The minimum absolute atomic E-state index is 0.969. The molecule has 2 heterocycles. The summed E-state index contributed by atoms with van der Waals surface area (Å²) >= 11 is 0. The van der Waals surface area contributed by atoms with Gasteiger partial charge >= 0.3 is 0 Å². The fourth-order valence-electron chi connectivity index (χ4n) is 1.33. The average Bonchev–Trinajstić information content (AvgIpc) is 2.30. The zero-order chi connectivity index (χ0) is 9.80. The summed E-state index contributed by atoms with van der Waals surface area (Å²) in [6, 6.07) is 5.89. The molecule has 0 bridgehead atoms. The van der Waals surface area contributed by atoms with Gasteiger partial charge in [-0.25, -0.2) is 0 Å². The zero-order valence-electron chi connectivity index (χ0n) is 8.07. The number of nitrogens with zero attached hydrogens (tertiary/aromatic N) is 1. The number of pyridine rings is 1. The van der Waals surface area contributed by atoms with Gasteiger partial charge in [0.05, 0.1) is 11.4 Å². The molecule has 0 saturated heterocycles. The van der Waals surface area contributed by atoms with Crippen LogP contribution in [0.15, 0.2) is 54.4 Å². The molecule has 0 atom stereocenters. The van der Waals surface area contributed by atoms with Gasteiger partial charge in [-0.1, -0.05) is 18.2 Å². The maximum Gasteiger partial charge on any atom is 0.0864 e. The summed E-state index contributed by atoms with van der Waals surface area (Å²) < 4.78 is 0. The van der Waals surface area contributed by atoms with Crippen LogP contribution in [0.1, 0.15) is 12.6 Å². The first-order chi connectivity index (χ1) is 6.90. The maximum absolute atomic E-state index is 4.28. The van der Waals surface area contributed by atoms with E-state index < -0.39 is 0 Å². The highest BCUT2D eigenvalue weighted by Crippen LogP contribution is 2.14. The fourth-order valence-corrected chi connectivity index (χ4v) is 1.33. The molecule has 2 rings (SSSR count). The molecule has 0 unspecified atom stereocenters. The van der Waals surface area contributed by atoms with Gasteiger partial charge in [0.2, 0.25) is 0 Å². The lowest BCUT2D eigenvalue weighted by Crippen LogP contribution is -2.13. The van der Waals surface area contributed by atoms with Crippen molar-refractivity contribution in [3.05, 3.63) is 60.1 Å². The summed E-state index contributed by atoms with van der Waals surface area (Å²) in [7, 11) is 0. The molecular formula is C12H12N2. The lowest BCUT2D eigenvalue weighted by molar-refractivity contribution is 1.08. The first-order valence-electron chi connectivity index (χ1n) is 4.63. The molecule has 1 aliphatic rings. The predicted molar refractivity (Wildman–Crippen MR) is 58.2 cm³/mol. The molecule has 1 aromatic rings. The van der Waals surface area contributed by atoms with Crippen LogP contribution in [-0.4, -0.2) is 4.98 Å². The highest BCUT2D eigenvalue weighted by Gasteiger charge is 2.04. The molecule has 2 nitrogen and oxygen atoms in total. The van der Waals surface area contributed by atoms with Crippen molar-refractivity contribution in [1.29, 1.82) is 0 Å². The molecule has 0 amide bonds. The predicted octanol–water partition coefficient (Wildman–Crippen LogP) is 2.49. The van der Waals surface area contributed by atoms with Crippen LogP contribution in [-0.2, 0) is 0 Å². The minimum atomic E-state index is 0.969. The summed E-state index contributed by atoms with van der Waals surface area (Å²) in [5.41, 5.74) is 3.12. The van der Waals surface area contributed by atoms with Crippen molar-refractivity contribution in [3.8, 4) is 0 Å². The summed E-state index contributed by atoms with van der Waals surface area (Å²) in [6.07, 6.45) is 9.91. The summed E-state index contributed by atoms with van der Waals surface area (Å²) in [5, 5.41) is 3.29. The van der Waals surface area contributed by atoms with Gasteiger partial charge in [0.25, 0.3) is 0 Å². The van der Waals surface area contributed by atoms with Crippen LogP contribution in [0.4, 0.5) is 0 Å². The molecule has 2 heteroatoms. The van der Waals surface area contributed by atoms with Crippen molar-refractivity contribution >= 4 is 5.70 Å². The quantitative estimate of drug-likeness (QED) is 0.725. The number of allylic oxidation sites excluding steroid dienone is 4. The van der Waals surface area contributed by atoms with Gasteiger partial charge in [0.15, 0.2) is 0 Å². The van der Waals surface area contributed by atoms with E-state index >= 15 is 0 Å². The van der Waals surface area contributed by atoms with E-state index in [9.17, 15) is 0 Å². The largest absolute Gasteiger partial charge is 0.354 e. The van der Waals surface area contributed by atoms with Gasteiger partial charge in [0, 0.05) is 11.9 Å². The SMILES string of the molecule is C/C=C1/C=CC=C(c2ccccn2)N1. The number of rotatable bonds is 1. The Morgan fingerprint density at radius 1 is 1.36 bits per heavy atom. The smallest absolute Gasteiger partial charge is 0.0864 e. The third kappa shape index (κ3) is 1.74. The minimum Gasteiger partial charge on any atom is -0.354 e. The number of dihydropyridines is 1. The monoisotopic (exact) mass is 184 g/mol. The van der Waals surface area contributed by atoms with E-state index in [-0.39, 0.29) is 0 Å². The molecule has 0 spiro atoms. The van der Waals surface area contributed by atoms with Gasteiger partial charge in [-0.2, -0.15) is 0 Å². The summed E-state index contributed by atoms with van der Waals surface area (Å²) in [6.45, 7) is 2.01. The van der Waals surface area contributed by atoms with Crippen molar-refractivity contribution in [2.24, 2.45) is 0 Å². The zero-order valence-corrected chi connectivity index (χ0v) is 8.07. The van der Waals surface area contributed by atoms with Crippen molar-refractivity contribution in [2.45, 2.75) is 6.92 Å². The second-order valence-corrected chi connectivity index (χ2v) is 3.02.